The summed E-state index contributed by atoms with van der Waals surface area (Å²) in [6.45, 7) is 5.98. The van der Waals surface area contributed by atoms with E-state index in [0.29, 0.717) is 17.9 Å². The number of alkyl halides is 9. The van der Waals surface area contributed by atoms with Crippen LogP contribution in [0.15, 0.2) is 47.3 Å². The number of furan rings is 1. The molecule has 2 fully saturated rings. The second-order valence-electron chi connectivity index (χ2n) is 9.87. The van der Waals surface area contributed by atoms with Crippen LogP contribution in [0.5, 0.6) is 0 Å². The van der Waals surface area contributed by atoms with Crippen LogP contribution in [0.3, 0.4) is 0 Å². The summed E-state index contributed by atoms with van der Waals surface area (Å²) in [7, 11) is 2.18. The van der Waals surface area contributed by atoms with Gasteiger partial charge in [-0.1, -0.05) is 6.07 Å². The molecule has 0 unspecified atom stereocenters. The Kier molecular flexibility index (Phi) is 15.4. The number of hydrogen-bond donors (Lipinski definition) is 3. The molecule has 0 aliphatic carbocycles. The molecule has 0 spiro atoms. The summed E-state index contributed by atoms with van der Waals surface area (Å²) < 4.78 is 107. The maximum atomic E-state index is 10.6. The van der Waals surface area contributed by atoms with Gasteiger partial charge in [-0.2, -0.15) is 39.5 Å². The van der Waals surface area contributed by atoms with Gasteiger partial charge < -0.3 is 24.5 Å². The van der Waals surface area contributed by atoms with E-state index in [-0.39, 0.29) is 0 Å². The summed E-state index contributed by atoms with van der Waals surface area (Å²) in [5, 5.41) is 21.4. The molecule has 3 atom stereocenters. The van der Waals surface area contributed by atoms with Gasteiger partial charge in [-0.25, -0.2) is 14.4 Å². The number of piperidine rings is 1. The first-order valence-corrected chi connectivity index (χ1v) is 12.9. The zero-order valence-electron chi connectivity index (χ0n) is 23.8. The summed E-state index contributed by atoms with van der Waals surface area (Å²) in [5.41, 5.74) is 1.26. The number of fused-ring (bicyclic) bond motifs is 1. The highest BCUT2D eigenvalue weighted by Gasteiger charge is 2.41. The van der Waals surface area contributed by atoms with E-state index in [2.05, 4.69) is 34.0 Å². The lowest BCUT2D eigenvalue weighted by molar-refractivity contribution is -0.193. The summed E-state index contributed by atoms with van der Waals surface area (Å²) in [6, 6.07) is 8.16. The number of rotatable bonds is 6. The molecule has 2 aliphatic heterocycles. The van der Waals surface area contributed by atoms with E-state index >= 15 is 0 Å². The molecule has 11 nitrogen and oxygen atoms in total. The Morgan fingerprint density at radius 2 is 1.48 bits per heavy atom. The molecule has 2 aromatic heterocycles. The van der Waals surface area contributed by atoms with Gasteiger partial charge in [-0.05, 0) is 49.7 Å². The second kappa shape index (κ2) is 17.7. The number of carboxylic acids is 3. The number of carboxylic acid groups (broad SMARTS) is 3. The average Bonchev–Trinajstić information content (AvgIpc) is 3.58. The molecule has 2 aliphatic rings. The van der Waals surface area contributed by atoms with Crippen LogP contribution in [-0.4, -0.2) is 106 Å². The number of carbonyl (C=O) groups is 3. The molecule has 0 saturated carbocycles. The lowest BCUT2D eigenvalue weighted by Gasteiger charge is -2.36. The molecule has 0 amide bonds. The topological polar surface area (TPSA) is 154 Å². The number of likely N-dealkylation sites (tertiary alicyclic amines) is 1. The zero-order chi connectivity index (χ0) is 35.3. The molecule has 0 radical (unpaired) electrons. The van der Waals surface area contributed by atoms with E-state index in [4.69, 9.17) is 38.9 Å². The van der Waals surface area contributed by atoms with E-state index in [9.17, 15) is 39.5 Å². The average molecular weight is 684 g/mol. The summed E-state index contributed by atoms with van der Waals surface area (Å²) in [6.07, 6.45) is -8.14. The van der Waals surface area contributed by atoms with Crippen molar-refractivity contribution >= 4 is 17.9 Å². The number of likely N-dealkylation sites (N-methyl/N-ethyl adjacent to an activating group) is 1. The number of hydrogen-bond acceptors (Lipinski definition) is 8. The molecule has 4 heterocycles. The van der Waals surface area contributed by atoms with Gasteiger partial charge in [-0.3, -0.25) is 14.8 Å². The first-order chi connectivity index (χ1) is 21.1. The lowest BCUT2D eigenvalue weighted by atomic mass is 9.84. The van der Waals surface area contributed by atoms with Crippen molar-refractivity contribution < 1.29 is 78.4 Å². The van der Waals surface area contributed by atoms with Crippen LogP contribution in [0.2, 0.25) is 0 Å². The third-order valence-corrected chi connectivity index (χ3v) is 6.23. The highest BCUT2D eigenvalue weighted by Crippen LogP contribution is 2.35. The van der Waals surface area contributed by atoms with E-state index < -0.39 is 36.4 Å². The van der Waals surface area contributed by atoms with E-state index in [1.165, 1.54) is 12.0 Å². The largest absolute Gasteiger partial charge is 0.490 e. The highest BCUT2D eigenvalue weighted by atomic mass is 19.4. The van der Waals surface area contributed by atoms with Crippen LogP contribution >= 0.6 is 0 Å². The van der Waals surface area contributed by atoms with Crippen molar-refractivity contribution in [2.24, 2.45) is 11.8 Å². The molecule has 2 aromatic rings. The number of ether oxygens (including phenoxy) is 1. The fourth-order valence-corrected chi connectivity index (χ4v) is 4.29. The normalized spacial score (nSPS) is 19.8. The van der Waals surface area contributed by atoms with E-state index in [0.717, 1.165) is 45.1 Å². The molecule has 0 bridgehead atoms. The third kappa shape index (κ3) is 15.4. The molecule has 260 valence electrons. The fraction of sp³-hybridized carbons (Fsp3) is 0.538. The Morgan fingerprint density at radius 1 is 0.935 bits per heavy atom. The first kappa shape index (κ1) is 40.1. The fourth-order valence-electron chi connectivity index (χ4n) is 4.29. The van der Waals surface area contributed by atoms with Crippen LogP contribution in [0, 0.1) is 11.8 Å². The van der Waals surface area contributed by atoms with Crippen molar-refractivity contribution in [3.8, 4) is 0 Å². The number of nitrogens with zero attached hydrogens (tertiary/aromatic N) is 3. The van der Waals surface area contributed by atoms with Crippen LogP contribution in [0.1, 0.15) is 17.7 Å². The molecular formula is C26H30F9N3O8. The monoisotopic (exact) mass is 683 g/mol. The Morgan fingerprint density at radius 3 is 1.91 bits per heavy atom. The Bertz CT molecular complexity index is 1150. The summed E-state index contributed by atoms with van der Waals surface area (Å²) in [5.74, 6) is -5.87. The third-order valence-electron chi connectivity index (χ3n) is 6.23. The molecule has 0 aromatic carbocycles. The van der Waals surface area contributed by atoms with Crippen molar-refractivity contribution in [2.45, 2.75) is 44.1 Å². The van der Waals surface area contributed by atoms with Crippen molar-refractivity contribution in [1.82, 2.24) is 14.8 Å². The SMILES string of the molecule is CN(Cc1cccnc1)C[C@@H]1OC[C@H]2CN(Cc3ccco3)CC[C@H]21.O=C(O)C(F)(F)F.O=C(O)C(F)(F)F.O=C(O)C(F)(F)F. The van der Waals surface area contributed by atoms with E-state index in [1.54, 1.807) is 6.26 Å². The predicted octanol–water partition coefficient (Wildman–Crippen LogP) is 4.54. The van der Waals surface area contributed by atoms with Gasteiger partial charge in [0.25, 0.3) is 0 Å². The van der Waals surface area contributed by atoms with Crippen LogP contribution < -0.4 is 0 Å². The maximum absolute atomic E-state index is 10.6. The van der Waals surface area contributed by atoms with Crippen molar-refractivity contribution in [1.29, 1.82) is 0 Å². The zero-order valence-corrected chi connectivity index (χ0v) is 23.8. The molecular weight excluding hydrogens is 653 g/mol. The first-order valence-electron chi connectivity index (χ1n) is 12.9. The molecule has 3 N–H and O–H groups in total. The molecule has 46 heavy (non-hydrogen) atoms. The lowest BCUT2D eigenvalue weighted by Crippen LogP contribution is -2.43. The second-order valence-corrected chi connectivity index (χ2v) is 9.87. The van der Waals surface area contributed by atoms with Crippen LogP contribution in [0.25, 0.3) is 0 Å². The molecule has 4 rings (SSSR count). The summed E-state index contributed by atoms with van der Waals surface area (Å²) in [4.78, 5) is 35.8. The maximum Gasteiger partial charge on any atom is 0.490 e. The molecule has 20 heteroatoms. The van der Waals surface area contributed by atoms with Gasteiger partial charge in [0.1, 0.15) is 5.76 Å². The Labute approximate surface area is 255 Å². The van der Waals surface area contributed by atoms with Crippen molar-refractivity contribution in [3.63, 3.8) is 0 Å². The van der Waals surface area contributed by atoms with Crippen molar-refractivity contribution in [3.05, 3.63) is 54.2 Å². The van der Waals surface area contributed by atoms with Gasteiger partial charge in [0.15, 0.2) is 0 Å². The van der Waals surface area contributed by atoms with Gasteiger partial charge in [0.2, 0.25) is 0 Å². The van der Waals surface area contributed by atoms with E-state index in [1.807, 2.05) is 24.5 Å². The minimum absolute atomic E-state index is 0.359. The van der Waals surface area contributed by atoms with Gasteiger partial charge in [-0.15, -0.1) is 0 Å². The van der Waals surface area contributed by atoms with Crippen LogP contribution in [0.4, 0.5) is 39.5 Å². The highest BCUT2D eigenvalue weighted by molar-refractivity contribution is 5.73. The number of halogens is 9. The standard InChI is InChI=1S/C20H27N3O2.3C2HF3O2/c1-22(11-16-4-2-7-21-10-16)14-20-19-6-8-23(12-17(19)15-25-20)13-18-5-3-9-24-18;3*3-2(4,5)1(6)7/h2-5,7,9-10,17,19-20H,6,8,11-15H2,1H3;3*(H,6,7)/t17-,19-,20+;;;/m1.../s1. The predicted molar refractivity (Wildman–Crippen MR) is 137 cm³/mol. The quantitative estimate of drug-likeness (QED) is 0.368. The number of aliphatic carboxylic acids is 3. The number of pyridine rings is 1. The number of aromatic nitrogens is 1. The van der Waals surface area contributed by atoms with Gasteiger partial charge in [0.05, 0.1) is 25.5 Å². The minimum atomic E-state index is -5.08. The molecule has 2 saturated heterocycles. The van der Waals surface area contributed by atoms with Crippen molar-refractivity contribution in [2.75, 3.05) is 33.3 Å². The van der Waals surface area contributed by atoms with Gasteiger partial charge >= 0.3 is 36.4 Å². The minimum Gasteiger partial charge on any atom is -0.475 e. The smallest absolute Gasteiger partial charge is 0.475 e. The summed E-state index contributed by atoms with van der Waals surface area (Å²) >= 11 is 0. The Hall–Kier alpha value is -3.91. The van der Waals surface area contributed by atoms with Gasteiger partial charge in [0, 0.05) is 37.9 Å². The van der Waals surface area contributed by atoms with Crippen LogP contribution in [-0.2, 0) is 32.2 Å². The Balaban J connectivity index is 0.000000413.